The summed E-state index contributed by atoms with van der Waals surface area (Å²) in [7, 11) is 0. The quantitative estimate of drug-likeness (QED) is 0.713. The van der Waals surface area contributed by atoms with Crippen molar-refractivity contribution >= 4 is 5.91 Å². The Bertz CT molecular complexity index is 324. The first-order valence-electron chi connectivity index (χ1n) is 5.86. The Balaban J connectivity index is 2.13. The molecule has 0 aliphatic heterocycles. The lowest BCUT2D eigenvalue weighted by Gasteiger charge is -2.13. The molecule has 1 heterocycles. The summed E-state index contributed by atoms with van der Waals surface area (Å²) in [5.41, 5.74) is 0. The van der Waals surface area contributed by atoms with Crippen LogP contribution in [0.1, 0.15) is 26.7 Å². The topological polar surface area (TPSA) is 80.0 Å². The van der Waals surface area contributed by atoms with Gasteiger partial charge in [-0.2, -0.15) is 0 Å². The highest BCUT2D eigenvalue weighted by Crippen LogP contribution is 2.03. The van der Waals surface area contributed by atoms with Crippen LogP contribution in [-0.2, 0) is 11.3 Å². The lowest BCUT2D eigenvalue weighted by molar-refractivity contribution is -0.121. The summed E-state index contributed by atoms with van der Waals surface area (Å²) >= 11 is 0. The summed E-state index contributed by atoms with van der Waals surface area (Å²) in [4.78, 5) is 11.4. The Labute approximate surface area is 101 Å². The third-order valence-electron chi connectivity index (χ3n) is 2.32. The fourth-order valence-electron chi connectivity index (χ4n) is 1.52. The standard InChI is InChI=1S/C11H20N4O2/c1-9(2)7-10(16)8-12-11(17)3-5-15-6-4-13-14-15/h4,6,9-10,16H,3,5,7-8H2,1-2H3,(H,12,17). The SMILES string of the molecule is CC(C)CC(O)CNC(=O)CCn1ccnn1. The van der Waals surface area contributed by atoms with Crippen LogP contribution in [0, 0.1) is 5.92 Å². The Kier molecular flexibility index (Phi) is 5.62. The smallest absolute Gasteiger partial charge is 0.221 e. The van der Waals surface area contributed by atoms with Gasteiger partial charge in [0.05, 0.1) is 18.8 Å². The van der Waals surface area contributed by atoms with Crippen molar-refractivity contribution in [2.24, 2.45) is 5.92 Å². The average molecular weight is 240 g/mol. The number of aliphatic hydroxyl groups is 1. The number of amides is 1. The van der Waals surface area contributed by atoms with Crippen molar-refractivity contribution in [3.8, 4) is 0 Å². The molecular weight excluding hydrogens is 220 g/mol. The van der Waals surface area contributed by atoms with Crippen LogP contribution in [0.25, 0.3) is 0 Å². The Hall–Kier alpha value is -1.43. The van der Waals surface area contributed by atoms with Crippen molar-refractivity contribution in [1.82, 2.24) is 20.3 Å². The molecule has 1 atom stereocenters. The second-order valence-electron chi connectivity index (χ2n) is 4.50. The van der Waals surface area contributed by atoms with Gasteiger partial charge in [-0.05, 0) is 12.3 Å². The summed E-state index contributed by atoms with van der Waals surface area (Å²) in [6.07, 6.45) is 3.86. The van der Waals surface area contributed by atoms with E-state index in [0.717, 1.165) is 0 Å². The van der Waals surface area contributed by atoms with Crippen molar-refractivity contribution in [3.63, 3.8) is 0 Å². The lowest BCUT2D eigenvalue weighted by atomic mass is 10.1. The molecule has 0 aliphatic rings. The molecule has 0 aliphatic carbocycles. The minimum Gasteiger partial charge on any atom is -0.391 e. The van der Waals surface area contributed by atoms with E-state index >= 15 is 0 Å². The summed E-state index contributed by atoms with van der Waals surface area (Å²) in [5, 5.41) is 19.7. The molecule has 96 valence electrons. The van der Waals surface area contributed by atoms with E-state index in [-0.39, 0.29) is 5.91 Å². The fraction of sp³-hybridized carbons (Fsp3) is 0.727. The average Bonchev–Trinajstić information content (AvgIpc) is 2.75. The maximum atomic E-state index is 11.4. The van der Waals surface area contributed by atoms with Gasteiger partial charge in [0.15, 0.2) is 0 Å². The van der Waals surface area contributed by atoms with Crippen LogP contribution in [0.2, 0.25) is 0 Å². The van der Waals surface area contributed by atoms with Crippen molar-refractivity contribution in [2.45, 2.75) is 39.3 Å². The summed E-state index contributed by atoms with van der Waals surface area (Å²) in [6.45, 7) is 4.89. The summed E-state index contributed by atoms with van der Waals surface area (Å²) in [5.74, 6) is 0.348. The van der Waals surface area contributed by atoms with Gasteiger partial charge in [0.2, 0.25) is 5.91 Å². The van der Waals surface area contributed by atoms with Crippen LogP contribution in [0.5, 0.6) is 0 Å². The van der Waals surface area contributed by atoms with Gasteiger partial charge in [-0.1, -0.05) is 19.1 Å². The normalized spacial score (nSPS) is 12.7. The zero-order valence-corrected chi connectivity index (χ0v) is 10.3. The molecule has 0 aromatic carbocycles. The van der Waals surface area contributed by atoms with Crippen molar-refractivity contribution in [3.05, 3.63) is 12.4 Å². The minimum absolute atomic E-state index is 0.0803. The second-order valence-corrected chi connectivity index (χ2v) is 4.50. The Morgan fingerprint density at radius 2 is 2.29 bits per heavy atom. The second kappa shape index (κ2) is 7.01. The predicted molar refractivity (Wildman–Crippen MR) is 63.1 cm³/mol. The highest BCUT2D eigenvalue weighted by atomic mass is 16.3. The molecule has 1 aromatic heterocycles. The van der Waals surface area contributed by atoms with E-state index in [1.54, 1.807) is 17.1 Å². The third kappa shape index (κ3) is 6.01. The minimum atomic E-state index is -0.467. The number of aromatic nitrogens is 3. The van der Waals surface area contributed by atoms with Crippen LogP contribution >= 0.6 is 0 Å². The van der Waals surface area contributed by atoms with Gasteiger partial charge < -0.3 is 10.4 Å². The van der Waals surface area contributed by atoms with E-state index in [1.165, 1.54) is 0 Å². The number of hydrogen-bond donors (Lipinski definition) is 2. The molecule has 0 bridgehead atoms. The van der Waals surface area contributed by atoms with Crippen molar-refractivity contribution < 1.29 is 9.90 Å². The molecule has 1 amide bonds. The Morgan fingerprint density at radius 1 is 1.53 bits per heavy atom. The highest BCUT2D eigenvalue weighted by molar-refractivity contribution is 5.75. The Morgan fingerprint density at radius 3 is 2.88 bits per heavy atom. The van der Waals surface area contributed by atoms with Crippen LogP contribution in [0.4, 0.5) is 0 Å². The maximum absolute atomic E-state index is 11.4. The van der Waals surface area contributed by atoms with E-state index in [2.05, 4.69) is 15.6 Å². The van der Waals surface area contributed by atoms with Crippen LogP contribution in [-0.4, -0.2) is 38.7 Å². The summed E-state index contributed by atoms with van der Waals surface area (Å²) in [6, 6.07) is 0. The van der Waals surface area contributed by atoms with Crippen LogP contribution < -0.4 is 5.32 Å². The first-order chi connectivity index (χ1) is 8.08. The van der Waals surface area contributed by atoms with E-state index < -0.39 is 6.10 Å². The molecular formula is C11H20N4O2. The highest BCUT2D eigenvalue weighted by Gasteiger charge is 2.09. The van der Waals surface area contributed by atoms with Gasteiger partial charge in [0.25, 0.3) is 0 Å². The third-order valence-corrected chi connectivity index (χ3v) is 2.32. The number of nitrogens with one attached hydrogen (secondary N) is 1. The number of nitrogens with zero attached hydrogens (tertiary/aromatic N) is 3. The number of aliphatic hydroxyl groups excluding tert-OH is 1. The number of aryl methyl sites for hydroxylation is 1. The molecule has 0 fully saturated rings. The molecule has 1 rings (SSSR count). The molecule has 6 heteroatoms. The molecule has 2 N–H and O–H groups in total. The maximum Gasteiger partial charge on any atom is 0.221 e. The van der Waals surface area contributed by atoms with Gasteiger partial charge in [-0.3, -0.25) is 9.48 Å². The van der Waals surface area contributed by atoms with Gasteiger partial charge in [0.1, 0.15) is 0 Å². The first-order valence-corrected chi connectivity index (χ1v) is 5.86. The molecule has 0 saturated heterocycles. The summed E-state index contributed by atoms with van der Waals surface area (Å²) < 4.78 is 1.60. The number of hydrogen-bond acceptors (Lipinski definition) is 4. The molecule has 17 heavy (non-hydrogen) atoms. The van der Waals surface area contributed by atoms with E-state index in [4.69, 9.17) is 0 Å². The molecule has 0 radical (unpaired) electrons. The van der Waals surface area contributed by atoms with E-state index in [9.17, 15) is 9.90 Å². The predicted octanol–water partition coefficient (Wildman–Crippen LogP) is 0.191. The van der Waals surface area contributed by atoms with Gasteiger partial charge in [0, 0.05) is 19.2 Å². The van der Waals surface area contributed by atoms with Crippen molar-refractivity contribution in [1.29, 1.82) is 0 Å². The first kappa shape index (κ1) is 13.6. The van der Waals surface area contributed by atoms with Gasteiger partial charge >= 0.3 is 0 Å². The van der Waals surface area contributed by atoms with E-state index in [1.807, 2.05) is 13.8 Å². The number of carbonyl (C=O) groups excluding carboxylic acids is 1. The van der Waals surface area contributed by atoms with Gasteiger partial charge in [-0.25, -0.2) is 0 Å². The molecule has 6 nitrogen and oxygen atoms in total. The monoisotopic (exact) mass is 240 g/mol. The molecule has 1 unspecified atom stereocenters. The number of carbonyl (C=O) groups is 1. The van der Waals surface area contributed by atoms with Crippen LogP contribution in [0.15, 0.2) is 12.4 Å². The van der Waals surface area contributed by atoms with Crippen LogP contribution in [0.3, 0.4) is 0 Å². The fourth-order valence-corrected chi connectivity index (χ4v) is 1.52. The van der Waals surface area contributed by atoms with E-state index in [0.29, 0.717) is 31.8 Å². The zero-order chi connectivity index (χ0) is 12.7. The largest absolute Gasteiger partial charge is 0.391 e. The molecule has 0 saturated carbocycles. The zero-order valence-electron chi connectivity index (χ0n) is 10.3. The molecule has 1 aromatic rings. The lowest BCUT2D eigenvalue weighted by Crippen LogP contribution is -2.33. The van der Waals surface area contributed by atoms with Crippen molar-refractivity contribution in [2.75, 3.05) is 6.54 Å². The van der Waals surface area contributed by atoms with Gasteiger partial charge in [-0.15, -0.1) is 5.10 Å². The number of rotatable bonds is 7. The molecule has 0 spiro atoms.